The molecule has 0 spiro atoms. The van der Waals surface area contributed by atoms with Crippen LogP contribution >= 0.6 is 15.9 Å². The monoisotopic (exact) mass is 332 g/mol. The summed E-state index contributed by atoms with van der Waals surface area (Å²) in [6, 6.07) is 11.1. The summed E-state index contributed by atoms with van der Waals surface area (Å²) in [7, 11) is 0. The van der Waals surface area contributed by atoms with Gasteiger partial charge in [-0.25, -0.2) is 0 Å². The van der Waals surface area contributed by atoms with Gasteiger partial charge in [0.2, 0.25) is 0 Å². The van der Waals surface area contributed by atoms with E-state index in [1.54, 1.807) is 24.4 Å². The topological polar surface area (TPSA) is 51.2 Å². The van der Waals surface area contributed by atoms with Crippen molar-refractivity contribution in [3.63, 3.8) is 0 Å². The maximum atomic E-state index is 12.2. The summed E-state index contributed by atoms with van der Waals surface area (Å²) in [6.07, 6.45) is 2.37. The lowest BCUT2D eigenvalue weighted by molar-refractivity contribution is 0.0919. The number of halogens is 1. The van der Waals surface area contributed by atoms with Gasteiger partial charge in [0.05, 0.1) is 12.6 Å². The zero-order valence-corrected chi connectivity index (χ0v) is 12.3. The van der Waals surface area contributed by atoms with Crippen molar-refractivity contribution >= 4 is 21.8 Å². The fourth-order valence-electron chi connectivity index (χ4n) is 2.24. The predicted octanol–water partition coefficient (Wildman–Crippen LogP) is 3.10. The molecular formula is C15H13BrN2O2. The van der Waals surface area contributed by atoms with Gasteiger partial charge in [0.25, 0.3) is 5.91 Å². The number of fused-ring (bicyclic) bond motifs is 1. The molecular weight excluding hydrogens is 320 g/mol. The van der Waals surface area contributed by atoms with E-state index in [2.05, 4.69) is 26.2 Å². The van der Waals surface area contributed by atoms with Crippen LogP contribution in [0.1, 0.15) is 28.5 Å². The highest BCUT2D eigenvalue weighted by molar-refractivity contribution is 9.10. The molecule has 0 saturated carbocycles. The summed E-state index contributed by atoms with van der Waals surface area (Å²) in [4.78, 5) is 16.2. The standard InChI is InChI=1S/C15H13BrN2O2/c16-10-4-5-14-11(9-10)12(6-8-20-14)18-15(19)13-3-1-2-7-17-13/h1-5,7,9,12H,6,8H2,(H,18,19). The second-order valence-corrected chi connectivity index (χ2v) is 5.48. The molecule has 0 saturated heterocycles. The van der Waals surface area contributed by atoms with Gasteiger partial charge in [-0.2, -0.15) is 0 Å². The van der Waals surface area contributed by atoms with Crippen molar-refractivity contribution in [1.82, 2.24) is 10.3 Å². The molecule has 0 radical (unpaired) electrons. The Balaban J connectivity index is 1.83. The first-order valence-electron chi connectivity index (χ1n) is 6.38. The number of amides is 1. The van der Waals surface area contributed by atoms with Crippen molar-refractivity contribution in [1.29, 1.82) is 0 Å². The summed E-state index contributed by atoms with van der Waals surface area (Å²) in [5.41, 5.74) is 1.42. The number of pyridine rings is 1. The molecule has 2 aromatic rings. The molecule has 2 heterocycles. The number of aromatic nitrogens is 1. The quantitative estimate of drug-likeness (QED) is 0.919. The molecule has 1 aliphatic rings. The molecule has 5 heteroatoms. The minimum absolute atomic E-state index is 0.0502. The molecule has 102 valence electrons. The SMILES string of the molecule is O=C(NC1CCOc2ccc(Br)cc21)c1ccccn1. The fraction of sp³-hybridized carbons (Fsp3) is 0.200. The minimum Gasteiger partial charge on any atom is -0.493 e. The van der Waals surface area contributed by atoms with E-state index in [-0.39, 0.29) is 11.9 Å². The lowest BCUT2D eigenvalue weighted by Gasteiger charge is -2.26. The van der Waals surface area contributed by atoms with Gasteiger partial charge in [-0.15, -0.1) is 0 Å². The smallest absolute Gasteiger partial charge is 0.270 e. The van der Waals surface area contributed by atoms with Gasteiger partial charge >= 0.3 is 0 Å². The maximum absolute atomic E-state index is 12.2. The molecule has 3 rings (SSSR count). The van der Waals surface area contributed by atoms with E-state index in [4.69, 9.17) is 4.74 Å². The van der Waals surface area contributed by atoms with Gasteiger partial charge in [-0.3, -0.25) is 9.78 Å². The predicted molar refractivity (Wildman–Crippen MR) is 78.7 cm³/mol. The van der Waals surface area contributed by atoms with E-state index < -0.39 is 0 Å². The Morgan fingerprint density at radius 3 is 3.05 bits per heavy atom. The van der Waals surface area contributed by atoms with E-state index >= 15 is 0 Å². The molecule has 20 heavy (non-hydrogen) atoms. The largest absolute Gasteiger partial charge is 0.493 e. The van der Waals surface area contributed by atoms with Crippen LogP contribution in [0.4, 0.5) is 0 Å². The van der Waals surface area contributed by atoms with E-state index in [0.29, 0.717) is 12.3 Å². The Bertz CT molecular complexity index is 631. The second-order valence-electron chi connectivity index (χ2n) is 4.56. The Labute approximate surface area is 125 Å². The Kier molecular flexibility index (Phi) is 3.69. The zero-order valence-electron chi connectivity index (χ0n) is 10.7. The molecule has 1 unspecified atom stereocenters. The van der Waals surface area contributed by atoms with E-state index in [1.165, 1.54) is 0 Å². The molecule has 1 amide bonds. The van der Waals surface area contributed by atoms with Crippen LogP contribution in [0.5, 0.6) is 5.75 Å². The van der Waals surface area contributed by atoms with Crippen LogP contribution in [-0.2, 0) is 0 Å². The lowest BCUT2D eigenvalue weighted by atomic mass is 10.0. The van der Waals surface area contributed by atoms with Crippen LogP contribution in [0.3, 0.4) is 0 Å². The molecule has 1 aliphatic heterocycles. The van der Waals surface area contributed by atoms with Crippen LogP contribution in [0, 0.1) is 0 Å². The second kappa shape index (κ2) is 5.63. The van der Waals surface area contributed by atoms with Crippen molar-refractivity contribution in [2.45, 2.75) is 12.5 Å². The molecule has 0 fully saturated rings. The highest BCUT2D eigenvalue weighted by Crippen LogP contribution is 2.34. The number of nitrogens with one attached hydrogen (secondary N) is 1. The number of nitrogens with zero attached hydrogens (tertiary/aromatic N) is 1. The molecule has 0 bridgehead atoms. The third-order valence-corrected chi connectivity index (χ3v) is 3.71. The van der Waals surface area contributed by atoms with Gasteiger partial charge in [-0.05, 0) is 30.3 Å². The number of ether oxygens (including phenoxy) is 1. The van der Waals surface area contributed by atoms with Crippen molar-refractivity contribution in [3.05, 3.63) is 58.3 Å². The first kappa shape index (κ1) is 13.1. The van der Waals surface area contributed by atoms with Crippen molar-refractivity contribution in [2.24, 2.45) is 0 Å². The summed E-state index contributed by atoms with van der Waals surface area (Å²) < 4.78 is 6.58. The van der Waals surface area contributed by atoms with Crippen LogP contribution in [0.15, 0.2) is 47.1 Å². The molecule has 4 nitrogen and oxygen atoms in total. The van der Waals surface area contributed by atoms with Crippen molar-refractivity contribution in [2.75, 3.05) is 6.61 Å². The van der Waals surface area contributed by atoms with Crippen LogP contribution in [0.25, 0.3) is 0 Å². The third-order valence-electron chi connectivity index (χ3n) is 3.21. The van der Waals surface area contributed by atoms with Gasteiger partial charge in [0, 0.05) is 22.7 Å². The molecule has 1 N–H and O–H groups in total. The molecule has 1 aromatic heterocycles. The number of hydrogen-bond acceptors (Lipinski definition) is 3. The first-order chi connectivity index (χ1) is 9.74. The van der Waals surface area contributed by atoms with Crippen LogP contribution in [-0.4, -0.2) is 17.5 Å². The number of carbonyl (C=O) groups excluding carboxylic acids is 1. The van der Waals surface area contributed by atoms with Crippen LogP contribution in [0.2, 0.25) is 0 Å². The van der Waals surface area contributed by atoms with Gasteiger partial charge in [0.15, 0.2) is 0 Å². The normalized spacial score (nSPS) is 16.9. The van der Waals surface area contributed by atoms with Crippen LogP contribution < -0.4 is 10.1 Å². The highest BCUT2D eigenvalue weighted by Gasteiger charge is 2.23. The summed E-state index contributed by atoms with van der Waals surface area (Å²) in [5.74, 6) is 0.661. The number of hydrogen-bond donors (Lipinski definition) is 1. The minimum atomic E-state index is -0.163. The Hall–Kier alpha value is -1.88. The molecule has 1 atom stereocenters. The average molecular weight is 333 g/mol. The molecule has 1 aromatic carbocycles. The number of rotatable bonds is 2. The third kappa shape index (κ3) is 2.67. The van der Waals surface area contributed by atoms with Crippen molar-refractivity contribution in [3.8, 4) is 5.75 Å². The first-order valence-corrected chi connectivity index (χ1v) is 7.17. The fourth-order valence-corrected chi connectivity index (χ4v) is 2.62. The average Bonchev–Trinajstić information content (AvgIpc) is 2.49. The van der Waals surface area contributed by atoms with Gasteiger partial charge in [-0.1, -0.05) is 22.0 Å². The highest BCUT2D eigenvalue weighted by atomic mass is 79.9. The zero-order chi connectivity index (χ0) is 13.9. The summed E-state index contributed by atoms with van der Waals surface area (Å²) in [5, 5.41) is 3.02. The molecule has 0 aliphatic carbocycles. The van der Waals surface area contributed by atoms with Gasteiger partial charge < -0.3 is 10.1 Å². The Morgan fingerprint density at radius 1 is 1.35 bits per heavy atom. The van der Waals surface area contributed by atoms with E-state index in [1.807, 2.05) is 18.2 Å². The van der Waals surface area contributed by atoms with E-state index in [9.17, 15) is 4.79 Å². The summed E-state index contributed by atoms with van der Waals surface area (Å²) >= 11 is 3.45. The number of carbonyl (C=O) groups is 1. The summed E-state index contributed by atoms with van der Waals surface area (Å²) in [6.45, 7) is 0.599. The van der Waals surface area contributed by atoms with E-state index in [0.717, 1.165) is 22.2 Å². The van der Waals surface area contributed by atoms with Crippen molar-refractivity contribution < 1.29 is 9.53 Å². The maximum Gasteiger partial charge on any atom is 0.270 e. The van der Waals surface area contributed by atoms with Gasteiger partial charge in [0.1, 0.15) is 11.4 Å². The Morgan fingerprint density at radius 2 is 2.25 bits per heavy atom. The number of benzene rings is 1. The lowest BCUT2D eigenvalue weighted by Crippen LogP contribution is -2.32.